The van der Waals surface area contributed by atoms with Gasteiger partial charge in [0.2, 0.25) is 5.91 Å². The molecule has 1 aliphatic carbocycles. The Morgan fingerprint density at radius 3 is 2.21 bits per heavy atom. The SMILES string of the molecule is C=Cc1cccc(C(C(=O)Nc2c(C)cccc2C)N(C(=O)C(Cc2ccccc2)NC(=O)OC(C)(C)C)C2CC2)c1. The molecule has 42 heavy (non-hydrogen) atoms. The van der Waals surface area contributed by atoms with Crippen molar-refractivity contribution in [3.63, 3.8) is 0 Å². The minimum atomic E-state index is -0.944. The Bertz CT molecular complexity index is 1420. The number of anilines is 1. The second-order valence-corrected chi connectivity index (χ2v) is 11.9. The van der Waals surface area contributed by atoms with Crippen LogP contribution in [0.25, 0.3) is 6.08 Å². The van der Waals surface area contributed by atoms with E-state index in [1.165, 1.54) is 0 Å². The Kier molecular flexibility index (Phi) is 9.51. The van der Waals surface area contributed by atoms with E-state index in [0.717, 1.165) is 40.8 Å². The maximum absolute atomic E-state index is 14.5. The molecule has 0 spiro atoms. The number of hydrogen-bond donors (Lipinski definition) is 2. The van der Waals surface area contributed by atoms with Crippen molar-refractivity contribution >= 4 is 29.7 Å². The van der Waals surface area contributed by atoms with Gasteiger partial charge in [-0.05, 0) is 81.3 Å². The van der Waals surface area contributed by atoms with Gasteiger partial charge in [0.05, 0.1) is 0 Å². The molecule has 220 valence electrons. The van der Waals surface area contributed by atoms with E-state index < -0.39 is 23.8 Å². The van der Waals surface area contributed by atoms with Crippen LogP contribution in [-0.4, -0.2) is 40.5 Å². The van der Waals surface area contributed by atoms with Crippen LogP contribution in [0, 0.1) is 13.8 Å². The molecule has 2 N–H and O–H groups in total. The zero-order valence-electron chi connectivity index (χ0n) is 25.1. The van der Waals surface area contributed by atoms with Crippen molar-refractivity contribution in [2.75, 3.05) is 5.32 Å². The van der Waals surface area contributed by atoms with E-state index in [1.807, 2.05) is 86.6 Å². The molecule has 0 aliphatic heterocycles. The van der Waals surface area contributed by atoms with E-state index in [-0.39, 0.29) is 24.3 Å². The summed E-state index contributed by atoms with van der Waals surface area (Å²) in [6.45, 7) is 13.1. The molecule has 0 aromatic heterocycles. The Labute approximate surface area is 249 Å². The number of benzene rings is 3. The van der Waals surface area contributed by atoms with Crippen LogP contribution in [0.5, 0.6) is 0 Å². The predicted octanol–water partition coefficient (Wildman–Crippen LogP) is 6.75. The van der Waals surface area contributed by atoms with Crippen molar-refractivity contribution in [3.05, 3.63) is 107 Å². The molecular weight excluding hydrogens is 526 g/mol. The average Bonchev–Trinajstić information content (AvgIpc) is 3.78. The van der Waals surface area contributed by atoms with Gasteiger partial charge in [-0.3, -0.25) is 9.59 Å². The van der Waals surface area contributed by atoms with Gasteiger partial charge >= 0.3 is 6.09 Å². The number of rotatable bonds is 10. The van der Waals surface area contributed by atoms with E-state index in [0.29, 0.717) is 5.56 Å². The number of carbonyl (C=O) groups is 3. The number of para-hydroxylation sites is 1. The largest absolute Gasteiger partial charge is 0.444 e. The Morgan fingerprint density at radius 1 is 0.976 bits per heavy atom. The second-order valence-electron chi connectivity index (χ2n) is 11.9. The third kappa shape index (κ3) is 7.87. The highest BCUT2D eigenvalue weighted by Crippen LogP contribution is 2.37. The molecule has 3 aromatic rings. The molecule has 0 radical (unpaired) electrons. The van der Waals surface area contributed by atoms with Gasteiger partial charge in [0, 0.05) is 18.2 Å². The highest BCUT2D eigenvalue weighted by Gasteiger charge is 2.44. The van der Waals surface area contributed by atoms with Gasteiger partial charge in [-0.2, -0.15) is 0 Å². The van der Waals surface area contributed by atoms with Crippen LogP contribution in [0.1, 0.15) is 67.5 Å². The monoisotopic (exact) mass is 567 g/mol. The number of carbonyl (C=O) groups excluding carboxylic acids is 3. The molecule has 2 unspecified atom stereocenters. The number of aryl methyl sites for hydroxylation is 2. The number of amides is 3. The first-order valence-corrected chi connectivity index (χ1v) is 14.4. The lowest BCUT2D eigenvalue weighted by atomic mass is 9.98. The first-order valence-electron chi connectivity index (χ1n) is 14.4. The van der Waals surface area contributed by atoms with E-state index in [1.54, 1.807) is 31.7 Å². The minimum Gasteiger partial charge on any atom is -0.444 e. The van der Waals surface area contributed by atoms with Gasteiger partial charge in [0.1, 0.15) is 17.7 Å². The van der Waals surface area contributed by atoms with Gasteiger partial charge in [-0.1, -0.05) is 79.4 Å². The summed E-state index contributed by atoms with van der Waals surface area (Å²) in [5.74, 6) is -0.650. The Morgan fingerprint density at radius 2 is 1.62 bits per heavy atom. The molecule has 4 rings (SSSR count). The molecule has 0 saturated heterocycles. The third-order valence-corrected chi connectivity index (χ3v) is 7.18. The topological polar surface area (TPSA) is 87.7 Å². The van der Waals surface area contributed by atoms with Crippen LogP contribution in [-0.2, 0) is 20.7 Å². The molecule has 7 nitrogen and oxygen atoms in total. The fraction of sp³-hybridized carbons (Fsp3) is 0.343. The summed E-state index contributed by atoms with van der Waals surface area (Å²) in [5.41, 5.74) is 4.25. The highest BCUT2D eigenvalue weighted by atomic mass is 16.6. The van der Waals surface area contributed by atoms with Gasteiger partial charge in [0.25, 0.3) is 5.91 Å². The summed E-state index contributed by atoms with van der Waals surface area (Å²) < 4.78 is 5.53. The van der Waals surface area contributed by atoms with Gasteiger partial charge < -0.3 is 20.3 Å². The zero-order valence-corrected chi connectivity index (χ0v) is 25.1. The average molecular weight is 568 g/mol. The summed E-state index contributed by atoms with van der Waals surface area (Å²) in [6.07, 6.45) is 2.82. The van der Waals surface area contributed by atoms with Crippen LogP contribution in [0.2, 0.25) is 0 Å². The first kappa shape index (κ1) is 30.6. The maximum atomic E-state index is 14.5. The second kappa shape index (κ2) is 13.1. The minimum absolute atomic E-state index is 0.141. The van der Waals surface area contributed by atoms with E-state index in [2.05, 4.69) is 17.2 Å². The summed E-state index contributed by atoms with van der Waals surface area (Å²) in [7, 11) is 0. The van der Waals surface area contributed by atoms with E-state index >= 15 is 0 Å². The van der Waals surface area contributed by atoms with Crippen molar-refractivity contribution in [2.45, 2.75) is 77.6 Å². The lowest BCUT2D eigenvalue weighted by Gasteiger charge is -2.35. The van der Waals surface area contributed by atoms with E-state index in [4.69, 9.17) is 4.74 Å². The fourth-order valence-corrected chi connectivity index (χ4v) is 5.05. The molecule has 0 bridgehead atoms. The molecule has 2 atom stereocenters. The number of ether oxygens (including phenoxy) is 1. The zero-order chi connectivity index (χ0) is 30.4. The molecule has 1 saturated carbocycles. The van der Waals surface area contributed by atoms with Crippen LogP contribution in [0.3, 0.4) is 0 Å². The molecule has 1 fully saturated rings. The number of alkyl carbamates (subject to hydrolysis) is 1. The molecular formula is C35H41N3O4. The smallest absolute Gasteiger partial charge is 0.408 e. The van der Waals surface area contributed by atoms with Crippen molar-refractivity contribution < 1.29 is 19.1 Å². The van der Waals surface area contributed by atoms with Crippen LogP contribution in [0.15, 0.2) is 79.4 Å². The van der Waals surface area contributed by atoms with Crippen molar-refractivity contribution in [2.24, 2.45) is 0 Å². The molecule has 0 heterocycles. The van der Waals surface area contributed by atoms with E-state index in [9.17, 15) is 14.4 Å². The number of nitrogens with zero attached hydrogens (tertiary/aromatic N) is 1. The van der Waals surface area contributed by atoms with Gasteiger partial charge in [-0.15, -0.1) is 0 Å². The lowest BCUT2D eigenvalue weighted by Crippen LogP contribution is -2.54. The molecule has 1 aliphatic rings. The summed E-state index contributed by atoms with van der Waals surface area (Å²) in [4.78, 5) is 43.4. The van der Waals surface area contributed by atoms with Crippen molar-refractivity contribution in [1.29, 1.82) is 0 Å². The normalized spacial score (nSPS) is 14.3. The van der Waals surface area contributed by atoms with Crippen LogP contribution in [0.4, 0.5) is 10.5 Å². The molecule has 7 heteroatoms. The predicted molar refractivity (Wildman–Crippen MR) is 167 cm³/mol. The standard InChI is InChI=1S/C35H41N3O4/c1-7-25-17-12-18-27(21-25)31(32(39)37-30-23(2)13-11-14-24(30)3)38(28-19-20-28)33(40)29(22-26-15-9-8-10-16-26)36-34(41)42-35(4,5)6/h7-18,21,28-29,31H,1,19-20,22H2,2-6H3,(H,36,41)(H,37,39). The van der Waals surface area contributed by atoms with Gasteiger partial charge in [-0.25, -0.2) is 4.79 Å². The van der Waals surface area contributed by atoms with Gasteiger partial charge in [0.15, 0.2) is 0 Å². The van der Waals surface area contributed by atoms with Crippen LogP contribution < -0.4 is 10.6 Å². The quantitative estimate of drug-likeness (QED) is 0.284. The Hall–Kier alpha value is -4.39. The molecule has 3 aromatic carbocycles. The lowest BCUT2D eigenvalue weighted by molar-refractivity contribution is -0.141. The maximum Gasteiger partial charge on any atom is 0.408 e. The number of nitrogens with one attached hydrogen (secondary N) is 2. The number of hydrogen-bond acceptors (Lipinski definition) is 4. The van der Waals surface area contributed by atoms with Crippen molar-refractivity contribution in [1.82, 2.24) is 10.2 Å². The summed E-state index contributed by atoms with van der Waals surface area (Å²) in [5, 5.41) is 5.94. The fourth-order valence-electron chi connectivity index (χ4n) is 5.05. The Balaban J connectivity index is 1.76. The molecule has 3 amide bonds. The first-order chi connectivity index (χ1) is 20.0. The van der Waals surface area contributed by atoms with Crippen LogP contribution >= 0.6 is 0 Å². The summed E-state index contributed by atoms with van der Waals surface area (Å²) in [6, 6.07) is 20.9. The highest BCUT2D eigenvalue weighted by molar-refractivity contribution is 6.00. The van der Waals surface area contributed by atoms with Crippen molar-refractivity contribution in [3.8, 4) is 0 Å². The summed E-state index contributed by atoms with van der Waals surface area (Å²) >= 11 is 0. The third-order valence-electron chi connectivity index (χ3n) is 7.18.